The summed E-state index contributed by atoms with van der Waals surface area (Å²) >= 11 is 1.59. The van der Waals surface area contributed by atoms with Crippen LogP contribution in [0.3, 0.4) is 0 Å². The monoisotopic (exact) mass is 412 g/mol. The van der Waals surface area contributed by atoms with Gasteiger partial charge in [0.2, 0.25) is 17.6 Å². The molecule has 152 valence electrons. The zero-order valence-corrected chi connectivity index (χ0v) is 17.2. The van der Waals surface area contributed by atoms with Crippen LogP contribution < -0.4 is 4.74 Å². The van der Waals surface area contributed by atoms with Gasteiger partial charge in [-0.3, -0.25) is 9.69 Å². The van der Waals surface area contributed by atoms with Gasteiger partial charge in [0, 0.05) is 32.6 Å². The first-order chi connectivity index (χ1) is 14.2. The van der Waals surface area contributed by atoms with Gasteiger partial charge >= 0.3 is 0 Å². The van der Waals surface area contributed by atoms with E-state index in [2.05, 4.69) is 15.0 Å². The van der Waals surface area contributed by atoms with Crippen LogP contribution in [-0.2, 0) is 17.8 Å². The van der Waals surface area contributed by atoms with Crippen LogP contribution in [0.25, 0.3) is 10.7 Å². The summed E-state index contributed by atoms with van der Waals surface area (Å²) < 4.78 is 10.6. The van der Waals surface area contributed by atoms with Crippen LogP contribution in [0.5, 0.6) is 5.75 Å². The predicted molar refractivity (Wildman–Crippen MR) is 111 cm³/mol. The molecule has 1 fully saturated rings. The molecule has 0 aliphatic carbocycles. The maximum absolute atomic E-state index is 12.5. The lowest BCUT2D eigenvalue weighted by molar-refractivity contribution is -0.133. The number of benzene rings is 1. The quantitative estimate of drug-likeness (QED) is 0.594. The lowest BCUT2D eigenvalue weighted by Crippen LogP contribution is -2.48. The molecule has 29 heavy (non-hydrogen) atoms. The maximum Gasteiger partial charge on any atom is 0.241 e. The molecule has 0 spiro atoms. The van der Waals surface area contributed by atoms with Gasteiger partial charge in [0.15, 0.2) is 0 Å². The molecule has 7 nitrogen and oxygen atoms in total. The average Bonchev–Trinajstić information content (AvgIpc) is 3.45. The molecule has 3 aromatic rings. The second kappa shape index (κ2) is 9.19. The van der Waals surface area contributed by atoms with Gasteiger partial charge in [-0.15, -0.1) is 11.3 Å². The fourth-order valence-electron chi connectivity index (χ4n) is 3.37. The Balaban J connectivity index is 1.22. The number of amides is 1. The van der Waals surface area contributed by atoms with E-state index in [-0.39, 0.29) is 5.91 Å². The van der Waals surface area contributed by atoms with Gasteiger partial charge in [-0.25, -0.2) is 0 Å². The summed E-state index contributed by atoms with van der Waals surface area (Å²) in [5.74, 6) is 2.30. The molecule has 0 bridgehead atoms. The number of methoxy groups -OCH3 is 1. The van der Waals surface area contributed by atoms with Crippen molar-refractivity contribution in [1.29, 1.82) is 0 Å². The topological polar surface area (TPSA) is 71.7 Å². The standard InChI is InChI=1S/C21H24N4O3S/c1-27-17-7-4-16(5-8-17)6-9-20(26)25-12-10-24(11-13-25)15-19-22-21(23-28-19)18-3-2-14-29-18/h2-5,7-8,14H,6,9-13,15H2,1H3. The Kier molecular flexibility index (Phi) is 6.21. The zero-order chi connectivity index (χ0) is 20.1. The van der Waals surface area contributed by atoms with Crippen molar-refractivity contribution in [3.8, 4) is 16.5 Å². The Morgan fingerprint density at radius 2 is 1.97 bits per heavy atom. The molecule has 4 rings (SSSR count). The largest absolute Gasteiger partial charge is 0.497 e. The van der Waals surface area contributed by atoms with E-state index >= 15 is 0 Å². The maximum atomic E-state index is 12.5. The van der Waals surface area contributed by atoms with E-state index in [1.54, 1.807) is 18.4 Å². The smallest absolute Gasteiger partial charge is 0.241 e. The number of carbonyl (C=O) groups excluding carboxylic acids is 1. The van der Waals surface area contributed by atoms with Gasteiger partial charge in [-0.2, -0.15) is 4.98 Å². The number of piperazine rings is 1. The van der Waals surface area contributed by atoms with Crippen molar-refractivity contribution in [2.45, 2.75) is 19.4 Å². The van der Waals surface area contributed by atoms with Gasteiger partial charge in [-0.05, 0) is 35.6 Å². The first-order valence-electron chi connectivity index (χ1n) is 9.71. The summed E-state index contributed by atoms with van der Waals surface area (Å²) in [6.07, 6.45) is 1.27. The van der Waals surface area contributed by atoms with Gasteiger partial charge in [0.05, 0.1) is 18.5 Å². The van der Waals surface area contributed by atoms with E-state index in [1.807, 2.05) is 46.7 Å². The molecule has 0 saturated carbocycles. The highest BCUT2D eigenvalue weighted by molar-refractivity contribution is 7.13. The number of hydrogen-bond donors (Lipinski definition) is 0. The molecule has 2 aromatic heterocycles. The van der Waals surface area contributed by atoms with Crippen molar-refractivity contribution in [2.24, 2.45) is 0 Å². The van der Waals surface area contributed by atoms with Crippen LogP contribution >= 0.6 is 11.3 Å². The number of rotatable bonds is 7. The molecular weight excluding hydrogens is 388 g/mol. The number of hydrogen-bond acceptors (Lipinski definition) is 7. The number of aromatic nitrogens is 2. The predicted octanol–water partition coefficient (Wildman–Crippen LogP) is 3.08. The second-order valence-corrected chi connectivity index (χ2v) is 7.94. The highest BCUT2D eigenvalue weighted by atomic mass is 32.1. The van der Waals surface area contributed by atoms with Gasteiger partial charge in [0.25, 0.3) is 0 Å². The number of thiophene rings is 1. The third kappa shape index (κ3) is 5.02. The van der Waals surface area contributed by atoms with E-state index in [1.165, 1.54) is 0 Å². The summed E-state index contributed by atoms with van der Waals surface area (Å²) in [6.45, 7) is 3.70. The number of carbonyl (C=O) groups is 1. The molecule has 8 heteroatoms. The molecular formula is C21H24N4O3S. The second-order valence-electron chi connectivity index (χ2n) is 6.99. The minimum absolute atomic E-state index is 0.207. The van der Waals surface area contributed by atoms with Crippen molar-refractivity contribution in [1.82, 2.24) is 19.9 Å². The van der Waals surface area contributed by atoms with Crippen molar-refractivity contribution < 1.29 is 14.1 Å². The van der Waals surface area contributed by atoms with Crippen molar-refractivity contribution in [2.75, 3.05) is 33.3 Å². The molecule has 1 aliphatic heterocycles. The molecule has 0 radical (unpaired) electrons. The van der Waals surface area contributed by atoms with Crippen LogP contribution in [0, 0.1) is 0 Å². The Hall–Kier alpha value is -2.71. The van der Waals surface area contributed by atoms with Crippen molar-refractivity contribution in [3.05, 3.63) is 53.2 Å². The highest BCUT2D eigenvalue weighted by Crippen LogP contribution is 2.22. The zero-order valence-electron chi connectivity index (χ0n) is 16.4. The Labute approximate surface area is 173 Å². The number of ether oxygens (including phenoxy) is 1. The number of aryl methyl sites for hydroxylation is 1. The first kappa shape index (κ1) is 19.6. The molecule has 1 saturated heterocycles. The molecule has 1 aliphatic rings. The fourth-order valence-corrected chi connectivity index (χ4v) is 4.02. The Bertz CT molecular complexity index is 916. The first-order valence-corrected chi connectivity index (χ1v) is 10.6. The fraction of sp³-hybridized carbons (Fsp3) is 0.381. The summed E-state index contributed by atoms with van der Waals surface area (Å²) in [4.78, 5) is 22.2. The SMILES string of the molecule is COc1ccc(CCC(=O)N2CCN(Cc3nc(-c4cccs4)no3)CC2)cc1. The summed E-state index contributed by atoms with van der Waals surface area (Å²) in [7, 11) is 1.65. The molecule has 0 unspecified atom stereocenters. The van der Waals surface area contributed by atoms with E-state index in [9.17, 15) is 4.79 Å². The van der Waals surface area contributed by atoms with E-state index in [0.717, 1.165) is 48.8 Å². The van der Waals surface area contributed by atoms with Gasteiger partial charge in [-0.1, -0.05) is 23.4 Å². The normalized spacial score (nSPS) is 14.9. The molecule has 3 heterocycles. The van der Waals surface area contributed by atoms with E-state index in [4.69, 9.17) is 9.26 Å². The lowest BCUT2D eigenvalue weighted by Gasteiger charge is -2.34. The van der Waals surface area contributed by atoms with Crippen LogP contribution in [0.1, 0.15) is 17.9 Å². The highest BCUT2D eigenvalue weighted by Gasteiger charge is 2.22. The molecule has 0 N–H and O–H groups in total. The van der Waals surface area contributed by atoms with E-state index < -0.39 is 0 Å². The molecule has 1 amide bonds. The lowest BCUT2D eigenvalue weighted by atomic mass is 10.1. The minimum Gasteiger partial charge on any atom is -0.497 e. The molecule has 1 aromatic carbocycles. The average molecular weight is 413 g/mol. The van der Waals surface area contributed by atoms with Gasteiger partial charge in [0.1, 0.15) is 5.75 Å². The van der Waals surface area contributed by atoms with Crippen molar-refractivity contribution in [3.63, 3.8) is 0 Å². The van der Waals surface area contributed by atoms with Crippen LogP contribution in [0.4, 0.5) is 0 Å². The van der Waals surface area contributed by atoms with E-state index in [0.29, 0.717) is 24.7 Å². The number of nitrogens with zero attached hydrogens (tertiary/aromatic N) is 4. The van der Waals surface area contributed by atoms with Crippen LogP contribution in [-0.4, -0.2) is 59.1 Å². The summed E-state index contributed by atoms with van der Waals surface area (Å²) in [5.41, 5.74) is 1.15. The molecule has 0 atom stereocenters. The third-order valence-corrected chi connectivity index (χ3v) is 5.95. The van der Waals surface area contributed by atoms with Crippen LogP contribution in [0.15, 0.2) is 46.3 Å². The Morgan fingerprint density at radius 1 is 1.17 bits per heavy atom. The minimum atomic E-state index is 0.207. The van der Waals surface area contributed by atoms with Gasteiger partial charge < -0.3 is 14.2 Å². The summed E-state index contributed by atoms with van der Waals surface area (Å²) in [5, 5.41) is 6.05. The van der Waals surface area contributed by atoms with Crippen molar-refractivity contribution >= 4 is 17.2 Å². The van der Waals surface area contributed by atoms with Crippen LogP contribution in [0.2, 0.25) is 0 Å². The Morgan fingerprint density at radius 3 is 2.66 bits per heavy atom. The summed E-state index contributed by atoms with van der Waals surface area (Å²) in [6, 6.07) is 11.8. The third-order valence-electron chi connectivity index (χ3n) is 5.08.